The van der Waals surface area contributed by atoms with Crippen molar-refractivity contribution < 1.29 is 23.9 Å². The zero-order valence-electron chi connectivity index (χ0n) is 23.7. The molecule has 0 spiro atoms. The molecule has 4 aliphatic rings. The van der Waals surface area contributed by atoms with Crippen LogP contribution in [0, 0.1) is 33.5 Å². The van der Waals surface area contributed by atoms with Gasteiger partial charge in [-0.3, -0.25) is 14.5 Å². The van der Waals surface area contributed by atoms with Crippen LogP contribution in [0.15, 0.2) is 83.9 Å². The van der Waals surface area contributed by atoms with Gasteiger partial charge >= 0.3 is 5.97 Å². The number of aromatic nitrogens is 1. The van der Waals surface area contributed by atoms with E-state index in [4.69, 9.17) is 21.7 Å². The van der Waals surface area contributed by atoms with Crippen LogP contribution in [-0.2, 0) is 14.3 Å². The van der Waals surface area contributed by atoms with E-state index in [0.29, 0.717) is 11.3 Å². The van der Waals surface area contributed by atoms with Crippen LogP contribution in [0.25, 0.3) is 0 Å². The molecule has 10 heteroatoms. The van der Waals surface area contributed by atoms with E-state index in [9.17, 15) is 14.4 Å². The molecule has 1 saturated heterocycles. The minimum absolute atomic E-state index is 0.0327. The Bertz CT molecular complexity index is 1850. The number of imide groups is 1. The zero-order chi connectivity index (χ0) is 30.1. The number of ether oxygens (including phenoxy) is 2. The van der Waals surface area contributed by atoms with Gasteiger partial charge in [-0.1, -0.05) is 30.3 Å². The Kier molecular flexibility index (Phi) is 6.77. The van der Waals surface area contributed by atoms with Gasteiger partial charge in [0.25, 0.3) is 0 Å². The summed E-state index contributed by atoms with van der Waals surface area (Å²) in [5, 5.41) is 1.26. The third-order valence-electron chi connectivity index (χ3n) is 9.56. The first-order chi connectivity index (χ1) is 21.4. The maximum Gasteiger partial charge on any atom is 0.338 e. The summed E-state index contributed by atoms with van der Waals surface area (Å²) < 4.78 is 12.0. The number of hydrogen-bond donors (Lipinski definition) is 1. The molecular formula is C34H28N2O5S3. The molecule has 44 heavy (non-hydrogen) atoms. The summed E-state index contributed by atoms with van der Waals surface area (Å²) in [6.45, 7) is 2.03. The predicted octanol–water partition coefficient (Wildman–Crippen LogP) is 7.45. The summed E-state index contributed by atoms with van der Waals surface area (Å²) in [7, 11) is 0. The highest BCUT2D eigenvalue weighted by Crippen LogP contribution is 2.69. The number of thiazole rings is 1. The number of nitrogens with zero attached hydrogens (tertiary/aromatic N) is 1. The van der Waals surface area contributed by atoms with Crippen LogP contribution in [-0.4, -0.2) is 34.6 Å². The minimum atomic E-state index is -0.426. The lowest BCUT2D eigenvalue weighted by Crippen LogP contribution is -2.42. The molecule has 2 bridgehead atoms. The van der Waals surface area contributed by atoms with Crippen LogP contribution < -0.4 is 9.64 Å². The van der Waals surface area contributed by atoms with Crippen molar-refractivity contribution in [1.82, 2.24) is 4.98 Å². The summed E-state index contributed by atoms with van der Waals surface area (Å²) in [6, 6.07) is 24.6. The van der Waals surface area contributed by atoms with Gasteiger partial charge in [0.2, 0.25) is 11.8 Å². The lowest BCUT2D eigenvalue weighted by molar-refractivity contribution is -0.123. The molecule has 8 rings (SSSR count). The Morgan fingerprint density at radius 3 is 2.43 bits per heavy atom. The molecule has 2 aliphatic heterocycles. The number of hydrogen-bond acceptors (Lipinski definition) is 8. The normalized spacial score (nSPS) is 28.0. The molecule has 7 unspecified atom stereocenters. The van der Waals surface area contributed by atoms with E-state index in [0.717, 1.165) is 32.5 Å². The Labute approximate surface area is 267 Å². The lowest BCUT2D eigenvalue weighted by atomic mass is 9.68. The van der Waals surface area contributed by atoms with Crippen LogP contribution >= 0.6 is 35.3 Å². The van der Waals surface area contributed by atoms with Gasteiger partial charge in [0.15, 0.2) is 3.95 Å². The molecule has 4 aromatic rings. The molecule has 2 saturated carbocycles. The molecule has 0 radical (unpaired) electrons. The fourth-order valence-electron chi connectivity index (χ4n) is 8.00. The monoisotopic (exact) mass is 640 g/mol. The Morgan fingerprint density at radius 2 is 1.68 bits per heavy atom. The first kappa shape index (κ1) is 27.8. The molecular weight excluding hydrogens is 613 g/mol. The van der Waals surface area contributed by atoms with Crippen molar-refractivity contribution in [2.24, 2.45) is 29.6 Å². The topological polar surface area (TPSA) is 88.7 Å². The largest absolute Gasteiger partial charge is 0.462 e. The molecule has 222 valence electrons. The average Bonchev–Trinajstić information content (AvgIpc) is 3.77. The predicted molar refractivity (Wildman–Crippen MR) is 171 cm³/mol. The number of anilines is 1. The van der Waals surface area contributed by atoms with Crippen molar-refractivity contribution in [3.63, 3.8) is 0 Å². The standard InChI is InChI=1S/C34H28N2O5S3/c1-2-40-33(39)17-11-13-19(14-12-17)36-31(37)26-22-16-23(27(26)32(36)38)28-25(22)24(29-30(43-28)35-34(42)44-29)18-7-6-10-21(15-18)41-20-8-4-3-5-9-20/h3-15,22-28H,2,16H2,1H3,(H,35,42). The third-order valence-corrected chi connectivity index (χ3v) is 12.5. The number of benzene rings is 3. The van der Waals surface area contributed by atoms with Crippen molar-refractivity contribution in [1.29, 1.82) is 0 Å². The maximum atomic E-state index is 14.1. The number of esters is 1. The second-order valence-corrected chi connectivity index (χ2v) is 14.6. The summed E-state index contributed by atoms with van der Waals surface area (Å²) in [4.78, 5) is 46.2. The number of carbonyl (C=O) groups excluding carboxylic acids is 3. The molecule has 7 nitrogen and oxygen atoms in total. The second-order valence-electron chi connectivity index (χ2n) is 11.7. The van der Waals surface area contributed by atoms with E-state index in [1.807, 2.05) is 42.5 Å². The average molecular weight is 641 g/mol. The molecule has 2 amide bonds. The van der Waals surface area contributed by atoms with Crippen molar-refractivity contribution in [3.05, 3.63) is 98.8 Å². The van der Waals surface area contributed by atoms with Crippen LogP contribution in [0.3, 0.4) is 0 Å². The van der Waals surface area contributed by atoms with E-state index in [1.54, 1.807) is 54.3 Å². The van der Waals surface area contributed by atoms with Crippen LogP contribution in [0.4, 0.5) is 5.69 Å². The molecule has 2 aliphatic carbocycles. The van der Waals surface area contributed by atoms with Gasteiger partial charge in [-0.2, -0.15) is 0 Å². The van der Waals surface area contributed by atoms with Crippen LogP contribution in [0.5, 0.6) is 11.5 Å². The molecule has 1 aromatic heterocycles. The molecule has 3 fully saturated rings. The number of nitrogens with one attached hydrogen (secondary N) is 1. The maximum absolute atomic E-state index is 14.1. The number of H-pyrrole nitrogens is 1. The van der Waals surface area contributed by atoms with E-state index >= 15 is 0 Å². The third kappa shape index (κ3) is 4.29. The smallest absolute Gasteiger partial charge is 0.338 e. The van der Waals surface area contributed by atoms with Crippen molar-refractivity contribution in [2.75, 3.05) is 11.5 Å². The van der Waals surface area contributed by atoms with Gasteiger partial charge in [-0.05, 0) is 97.4 Å². The number of amides is 2. The summed E-state index contributed by atoms with van der Waals surface area (Å²) in [6.07, 6.45) is 0.858. The Morgan fingerprint density at radius 1 is 0.955 bits per heavy atom. The highest BCUT2D eigenvalue weighted by Gasteiger charge is 2.69. The van der Waals surface area contributed by atoms with Crippen molar-refractivity contribution in [3.8, 4) is 11.5 Å². The number of para-hydroxylation sites is 1. The molecule has 7 atom stereocenters. The van der Waals surface area contributed by atoms with E-state index in [1.165, 1.54) is 9.78 Å². The van der Waals surface area contributed by atoms with Crippen LogP contribution in [0.1, 0.15) is 40.1 Å². The summed E-state index contributed by atoms with van der Waals surface area (Å²) >= 11 is 9.02. The number of thioether (sulfide) groups is 1. The number of aromatic amines is 1. The molecule has 3 aromatic carbocycles. The van der Waals surface area contributed by atoms with Crippen molar-refractivity contribution >= 4 is 58.8 Å². The zero-order valence-corrected chi connectivity index (χ0v) is 26.1. The number of carbonyl (C=O) groups is 3. The minimum Gasteiger partial charge on any atom is -0.462 e. The molecule has 3 heterocycles. The van der Waals surface area contributed by atoms with Gasteiger partial charge in [-0.15, -0.1) is 23.1 Å². The highest BCUT2D eigenvalue weighted by molar-refractivity contribution is 8.00. The van der Waals surface area contributed by atoms with Gasteiger partial charge in [-0.25, -0.2) is 4.79 Å². The van der Waals surface area contributed by atoms with Crippen molar-refractivity contribution in [2.45, 2.75) is 29.5 Å². The number of fused-ring (bicyclic) bond motifs is 9. The van der Waals surface area contributed by atoms with Gasteiger partial charge in [0.05, 0.1) is 34.7 Å². The highest BCUT2D eigenvalue weighted by atomic mass is 32.2. The number of rotatable bonds is 6. The second kappa shape index (κ2) is 10.7. The molecule has 1 N–H and O–H groups in total. The van der Waals surface area contributed by atoms with E-state index in [2.05, 4.69) is 17.1 Å². The fourth-order valence-corrected chi connectivity index (χ4v) is 11.3. The summed E-state index contributed by atoms with van der Waals surface area (Å²) in [5.41, 5.74) is 2.03. The van der Waals surface area contributed by atoms with Gasteiger partial charge in [0.1, 0.15) is 11.5 Å². The quantitative estimate of drug-likeness (QED) is 0.133. The van der Waals surface area contributed by atoms with E-state index in [-0.39, 0.29) is 59.2 Å². The fraction of sp³-hybridized carbons (Fsp3) is 0.294. The SMILES string of the molecule is CCOC(=O)c1ccc(N2C(=O)C3C4CC(C3C2=O)C2C(c3cccc(Oc5ccccc5)c3)c3sc(=S)[nH]c3SC42)cc1. The summed E-state index contributed by atoms with van der Waals surface area (Å²) in [5.74, 6) is 0.493. The van der Waals surface area contributed by atoms with Gasteiger partial charge < -0.3 is 14.5 Å². The lowest BCUT2D eigenvalue weighted by Gasteiger charge is -2.43. The van der Waals surface area contributed by atoms with E-state index < -0.39 is 5.97 Å². The first-order valence-electron chi connectivity index (χ1n) is 14.8. The first-order valence-corrected chi connectivity index (χ1v) is 16.9. The van der Waals surface area contributed by atoms with Gasteiger partial charge in [0, 0.05) is 16.0 Å². The Balaban J connectivity index is 1.14. The van der Waals surface area contributed by atoms with Crippen LogP contribution in [0.2, 0.25) is 0 Å². The Hall–Kier alpha value is -3.73.